The van der Waals surface area contributed by atoms with E-state index in [0.29, 0.717) is 12.2 Å². The lowest BCUT2D eigenvalue weighted by Gasteiger charge is -2.07. The summed E-state index contributed by atoms with van der Waals surface area (Å²) >= 11 is 1.85. The van der Waals surface area contributed by atoms with Crippen molar-refractivity contribution in [2.24, 2.45) is 0 Å². The number of nitrogen functional groups attached to an aromatic ring is 1. The third kappa shape index (κ3) is 6.31. The van der Waals surface area contributed by atoms with Crippen molar-refractivity contribution in [3.8, 4) is 0 Å². The summed E-state index contributed by atoms with van der Waals surface area (Å²) < 4.78 is 26.5. The molecule has 0 saturated heterocycles. The van der Waals surface area contributed by atoms with Gasteiger partial charge in [-0.25, -0.2) is 13.1 Å². The highest BCUT2D eigenvalue weighted by molar-refractivity contribution is 7.98. The SMILES string of the molecule is CSCCCCCCNS(=O)(=O)c1ccc(N)cc1. The van der Waals surface area contributed by atoms with E-state index < -0.39 is 10.0 Å². The monoisotopic (exact) mass is 302 g/mol. The van der Waals surface area contributed by atoms with Gasteiger partial charge in [-0.1, -0.05) is 12.8 Å². The number of unbranched alkanes of at least 4 members (excludes halogenated alkanes) is 3. The van der Waals surface area contributed by atoms with Crippen molar-refractivity contribution >= 4 is 27.5 Å². The first-order valence-electron chi connectivity index (χ1n) is 6.40. The van der Waals surface area contributed by atoms with E-state index >= 15 is 0 Å². The Morgan fingerprint density at radius 1 is 1.11 bits per heavy atom. The molecule has 0 aliphatic rings. The van der Waals surface area contributed by atoms with Gasteiger partial charge >= 0.3 is 0 Å². The van der Waals surface area contributed by atoms with Crippen LogP contribution in [-0.2, 0) is 10.0 Å². The highest BCUT2D eigenvalue weighted by Gasteiger charge is 2.12. The molecule has 0 atom stereocenters. The molecule has 0 heterocycles. The van der Waals surface area contributed by atoms with Gasteiger partial charge in [-0.05, 0) is 49.1 Å². The standard InChI is InChI=1S/C13H22N2O2S2/c1-18-11-5-3-2-4-10-15-19(16,17)13-8-6-12(14)7-9-13/h6-9,15H,2-5,10-11,14H2,1H3. The van der Waals surface area contributed by atoms with Gasteiger partial charge in [-0.15, -0.1) is 0 Å². The van der Waals surface area contributed by atoms with E-state index in [1.807, 2.05) is 11.8 Å². The number of hydrogen-bond acceptors (Lipinski definition) is 4. The molecule has 1 aromatic carbocycles. The molecule has 19 heavy (non-hydrogen) atoms. The predicted molar refractivity (Wildman–Crippen MR) is 82.9 cm³/mol. The lowest BCUT2D eigenvalue weighted by molar-refractivity contribution is 0.574. The maximum Gasteiger partial charge on any atom is 0.240 e. The number of hydrogen-bond donors (Lipinski definition) is 2. The second kappa shape index (κ2) is 8.45. The number of anilines is 1. The van der Waals surface area contributed by atoms with Crippen LogP contribution < -0.4 is 10.5 Å². The summed E-state index contributed by atoms with van der Waals surface area (Å²) in [4.78, 5) is 0.268. The Bertz CT molecular complexity index is 458. The van der Waals surface area contributed by atoms with Crippen molar-refractivity contribution in [3.63, 3.8) is 0 Å². The molecule has 0 aliphatic heterocycles. The highest BCUT2D eigenvalue weighted by atomic mass is 32.2. The molecular weight excluding hydrogens is 280 g/mol. The molecule has 4 nitrogen and oxygen atoms in total. The van der Waals surface area contributed by atoms with E-state index in [4.69, 9.17) is 5.73 Å². The summed E-state index contributed by atoms with van der Waals surface area (Å²) in [6.07, 6.45) is 6.39. The van der Waals surface area contributed by atoms with Crippen LogP contribution in [0.4, 0.5) is 5.69 Å². The third-order valence-corrected chi connectivity index (χ3v) is 4.93. The molecular formula is C13H22N2O2S2. The van der Waals surface area contributed by atoms with Crippen LogP contribution in [0.25, 0.3) is 0 Å². The molecule has 0 fully saturated rings. The van der Waals surface area contributed by atoms with Gasteiger partial charge in [0.05, 0.1) is 4.90 Å². The van der Waals surface area contributed by atoms with Crippen LogP contribution in [0, 0.1) is 0 Å². The molecule has 0 aliphatic carbocycles. The molecule has 3 N–H and O–H groups in total. The number of sulfonamides is 1. The van der Waals surface area contributed by atoms with Crippen molar-refractivity contribution in [1.82, 2.24) is 4.72 Å². The molecule has 0 unspecified atom stereocenters. The van der Waals surface area contributed by atoms with Gasteiger partial charge in [0, 0.05) is 12.2 Å². The fraction of sp³-hybridized carbons (Fsp3) is 0.538. The molecule has 0 bridgehead atoms. The second-order valence-corrected chi connectivity index (χ2v) is 7.13. The van der Waals surface area contributed by atoms with Crippen molar-refractivity contribution in [1.29, 1.82) is 0 Å². The number of benzene rings is 1. The summed E-state index contributed by atoms with van der Waals surface area (Å²) in [5, 5.41) is 0. The first-order chi connectivity index (χ1) is 9.06. The minimum Gasteiger partial charge on any atom is -0.399 e. The average Bonchev–Trinajstić information content (AvgIpc) is 2.38. The molecule has 1 aromatic rings. The summed E-state index contributed by atoms with van der Waals surface area (Å²) in [5.41, 5.74) is 6.10. The number of rotatable bonds is 9. The van der Waals surface area contributed by atoms with Crippen LogP contribution in [0.15, 0.2) is 29.2 Å². The largest absolute Gasteiger partial charge is 0.399 e. The van der Waals surface area contributed by atoms with Crippen LogP contribution in [0.2, 0.25) is 0 Å². The summed E-state index contributed by atoms with van der Waals surface area (Å²) in [6.45, 7) is 0.492. The van der Waals surface area contributed by atoms with Gasteiger partial charge in [0.1, 0.15) is 0 Å². The van der Waals surface area contributed by atoms with Crippen molar-refractivity contribution in [2.45, 2.75) is 30.6 Å². The van der Waals surface area contributed by atoms with Crippen LogP contribution in [-0.4, -0.2) is 27.0 Å². The Labute approximate surface area is 120 Å². The normalized spacial score (nSPS) is 11.6. The van der Waals surface area contributed by atoms with E-state index in [1.54, 1.807) is 12.1 Å². The van der Waals surface area contributed by atoms with E-state index in [0.717, 1.165) is 19.3 Å². The summed E-state index contributed by atoms with van der Waals surface area (Å²) in [6, 6.07) is 6.24. The Hall–Kier alpha value is -0.720. The van der Waals surface area contributed by atoms with Gasteiger partial charge in [0.25, 0.3) is 0 Å². The molecule has 0 amide bonds. The van der Waals surface area contributed by atoms with E-state index in [-0.39, 0.29) is 4.90 Å². The zero-order valence-electron chi connectivity index (χ0n) is 11.3. The molecule has 0 spiro atoms. The molecule has 0 saturated carbocycles. The minimum atomic E-state index is -3.38. The van der Waals surface area contributed by atoms with Gasteiger partial charge in [-0.3, -0.25) is 0 Å². The first-order valence-corrected chi connectivity index (χ1v) is 9.28. The summed E-state index contributed by atoms with van der Waals surface area (Å²) in [7, 11) is -3.38. The third-order valence-electron chi connectivity index (χ3n) is 2.76. The first kappa shape index (κ1) is 16.3. The van der Waals surface area contributed by atoms with Gasteiger partial charge in [0.15, 0.2) is 0 Å². The smallest absolute Gasteiger partial charge is 0.240 e. The topological polar surface area (TPSA) is 72.2 Å². The molecule has 1 rings (SSSR count). The van der Waals surface area contributed by atoms with E-state index in [1.165, 1.54) is 24.3 Å². The Morgan fingerprint density at radius 3 is 2.37 bits per heavy atom. The van der Waals surface area contributed by atoms with Gasteiger partial charge in [-0.2, -0.15) is 11.8 Å². The molecule has 6 heteroatoms. The maximum atomic E-state index is 11.9. The van der Waals surface area contributed by atoms with Gasteiger partial charge < -0.3 is 5.73 Å². The maximum absolute atomic E-state index is 11.9. The van der Waals surface area contributed by atoms with Crippen molar-refractivity contribution < 1.29 is 8.42 Å². The van der Waals surface area contributed by atoms with Crippen LogP contribution >= 0.6 is 11.8 Å². The van der Waals surface area contributed by atoms with Crippen LogP contribution in [0.1, 0.15) is 25.7 Å². The molecule has 108 valence electrons. The zero-order chi connectivity index (χ0) is 14.1. The fourth-order valence-electron chi connectivity index (χ4n) is 1.66. The zero-order valence-corrected chi connectivity index (χ0v) is 12.9. The fourth-order valence-corrected chi connectivity index (χ4v) is 3.23. The molecule has 0 radical (unpaired) electrons. The Morgan fingerprint density at radius 2 is 1.74 bits per heavy atom. The van der Waals surface area contributed by atoms with Crippen LogP contribution in [0.5, 0.6) is 0 Å². The predicted octanol–water partition coefficient (Wildman–Crippen LogP) is 2.47. The van der Waals surface area contributed by atoms with Crippen LogP contribution in [0.3, 0.4) is 0 Å². The van der Waals surface area contributed by atoms with Gasteiger partial charge in [0.2, 0.25) is 10.0 Å². The van der Waals surface area contributed by atoms with E-state index in [2.05, 4.69) is 11.0 Å². The number of thioether (sulfide) groups is 1. The minimum absolute atomic E-state index is 0.268. The quantitative estimate of drug-likeness (QED) is 0.543. The van der Waals surface area contributed by atoms with Crippen molar-refractivity contribution in [2.75, 3.05) is 24.3 Å². The lowest BCUT2D eigenvalue weighted by atomic mass is 10.2. The Balaban J connectivity index is 2.29. The number of nitrogens with two attached hydrogens (primary N) is 1. The highest BCUT2D eigenvalue weighted by Crippen LogP contribution is 2.11. The summed E-state index contributed by atoms with van der Waals surface area (Å²) in [5.74, 6) is 1.18. The second-order valence-electron chi connectivity index (χ2n) is 4.37. The average molecular weight is 302 g/mol. The molecule has 0 aromatic heterocycles. The lowest BCUT2D eigenvalue weighted by Crippen LogP contribution is -2.24. The number of nitrogens with one attached hydrogen (secondary N) is 1. The van der Waals surface area contributed by atoms with Crippen molar-refractivity contribution in [3.05, 3.63) is 24.3 Å². The Kier molecular flexibility index (Phi) is 7.27. The van der Waals surface area contributed by atoms with E-state index in [9.17, 15) is 8.42 Å².